The number of likely N-dealkylation sites (N-methyl/N-ethyl adjacent to an activating group) is 1. The van der Waals surface area contributed by atoms with Crippen LogP contribution in [0.2, 0.25) is 0 Å². The molecule has 1 aliphatic carbocycles. The average Bonchev–Trinajstić information content (AvgIpc) is 1.70. The summed E-state index contributed by atoms with van der Waals surface area (Å²) in [6.07, 6.45) is -13.1. The predicted octanol–water partition coefficient (Wildman–Crippen LogP) is 14.5. The number of nitrogens with one attached hydrogen (secondary N) is 1. The van der Waals surface area contributed by atoms with Gasteiger partial charge in [-0.15, -0.1) is 0 Å². The second kappa shape index (κ2) is 45.3. The van der Waals surface area contributed by atoms with Gasteiger partial charge in [0.2, 0.25) is 0 Å². The first-order valence-corrected chi connectivity index (χ1v) is 46.3. The maximum absolute atomic E-state index is 15.1. The molecule has 133 heavy (non-hydrogen) atoms. The van der Waals surface area contributed by atoms with Crippen molar-refractivity contribution in [3.05, 3.63) is 152 Å². The van der Waals surface area contributed by atoms with Crippen LogP contribution in [0.5, 0.6) is 0 Å². The quantitative estimate of drug-likeness (QED) is 0.0112. The second-order valence-corrected chi connectivity index (χ2v) is 37.6. The van der Waals surface area contributed by atoms with Crippen molar-refractivity contribution >= 4 is 65.3 Å². The molecule has 28 atom stereocenters. The number of aliphatic hydroxyl groups excluding tert-OH is 1. The average molecular weight is 1850 g/mol. The van der Waals surface area contributed by atoms with E-state index in [-0.39, 0.29) is 105 Å². The first-order valence-electron chi connectivity index (χ1n) is 46.3. The number of esters is 4. The number of carbonyl (C=O) groups is 11. The Morgan fingerprint density at radius 2 is 0.932 bits per heavy atom. The Kier molecular flexibility index (Phi) is 35.6. The van der Waals surface area contributed by atoms with Gasteiger partial charge in [-0.2, -0.15) is 0 Å². The smallest absolute Gasteiger partial charge is 0.410 e. The number of alkyl carbamates (subject to hydrolysis) is 1. The molecule has 10 unspecified atom stereocenters. The summed E-state index contributed by atoms with van der Waals surface area (Å²) in [5, 5.41) is 21.6. The van der Waals surface area contributed by atoms with Crippen LogP contribution in [0.3, 0.4) is 0 Å². The molecule has 3 amide bonds. The summed E-state index contributed by atoms with van der Waals surface area (Å²) in [5.74, 6) is -13.5. The Morgan fingerprint density at radius 3 is 1.34 bits per heavy atom. The van der Waals surface area contributed by atoms with Crippen molar-refractivity contribution in [3.8, 4) is 11.1 Å². The SMILES string of the molecule is CC[C@H]1OC(=O)[C@H](C)C(=O)[C@H](C)[C@@H](OC2OC(C)C(C)C(N(C)C)C2O)[C@@](C)(OC)C[C@@H](C)C(=O)[C@H](C)[C@H]2N(CCCCN=[N+]=[N-])C(=O)O[C@]12C.CC[C@H]1OC(=O)[C@H](C)C(=O)[C@H](C)[C@@H](OC2OC(C)C(OC(=O)c3ccccc3)C(NC(=O)OCC3c4ccccc4-c4ccccc43)C2OC(=O)c2ccccc2)[C@@](C)(OC)C[C@@H](C)C(=O)[C@H](C)[C@H]2N(CCCCN=[N+]=[N-])C(=O)O[C@]12C. The summed E-state index contributed by atoms with van der Waals surface area (Å²) in [6, 6.07) is 28.3. The zero-order valence-electron chi connectivity index (χ0n) is 80.3. The van der Waals surface area contributed by atoms with Crippen LogP contribution >= 0.6 is 0 Å². The summed E-state index contributed by atoms with van der Waals surface area (Å²) in [4.78, 5) is 168. The van der Waals surface area contributed by atoms with E-state index >= 15 is 9.59 Å². The third kappa shape index (κ3) is 22.7. The molecule has 11 rings (SSSR count). The van der Waals surface area contributed by atoms with Gasteiger partial charge in [-0.25, -0.2) is 24.0 Å². The summed E-state index contributed by atoms with van der Waals surface area (Å²) in [6.45, 7) is 29.4. The number of cyclic esters (lactones) is 2. The van der Waals surface area contributed by atoms with Crippen molar-refractivity contribution in [1.82, 2.24) is 20.0 Å². The highest BCUT2D eigenvalue weighted by molar-refractivity contribution is 6.01. The number of nitrogens with zero attached hydrogens (tertiary/aromatic N) is 9. The van der Waals surface area contributed by atoms with E-state index < -0.39 is 203 Å². The third-order valence-electron chi connectivity index (χ3n) is 28.5. The minimum absolute atomic E-state index is 0.0325. The minimum Gasteiger partial charge on any atom is -0.458 e. The molecule has 0 spiro atoms. The number of hydrogen-bond donors (Lipinski definition) is 2. The molecular formula is C98H134N10O25. The van der Waals surface area contributed by atoms with Crippen molar-refractivity contribution in [2.24, 2.45) is 63.5 Å². The van der Waals surface area contributed by atoms with Crippen LogP contribution in [-0.2, 0) is 90.3 Å². The van der Waals surface area contributed by atoms with Crippen molar-refractivity contribution in [2.75, 3.05) is 61.1 Å². The second-order valence-electron chi connectivity index (χ2n) is 37.6. The van der Waals surface area contributed by atoms with Gasteiger partial charge in [-0.05, 0) is 178 Å². The normalized spacial score (nSPS) is 34.5. The zero-order chi connectivity index (χ0) is 97.6. The third-order valence-corrected chi connectivity index (χ3v) is 28.5. The van der Waals surface area contributed by atoms with Gasteiger partial charge >= 0.3 is 42.2 Å². The Labute approximate surface area is 778 Å². The van der Waals surface area contributed by atoms with E-state index in [2.05, 4.69) is 25.4 Å². The Morgan fingerprint density at radius 1 is 0.534 bits per heavy atom. The molecule has 35 heteroatoms. The van der Waals surface area contributed by atoms with E-state index in [9.17, 15) is 48.3 Å². The van der Waals surface area contributed by atoms with Crippen LogP contribution in [-0.4, -0.2) is 260 Å². The van der Waals surface area contributed by atoms with Gasteiger partial charge in [0, 0.05) is 104 Å². The van der Waals surface area contributed by atoms with E-state index in [1.165, 1.54) is 56.9 Å². The molecule has 7 aliphatic rings. The van der Waals surface area contributed by atoms with Crippen molar-refractivity contribution in [2.45, 2.75) is 289 Å². The molecule has 6 fully saturated rings. The number of amides is 3. The molecule has 2 N–H and O–H groups in total. The van der Waals surface area contributed by atoms with Gasteiger partial charge in [0.1, 0.15) is 54.4 Å². The monoisotopic (exact) mass is 1850 g/mol. The lowest BCUT2D eigenvalue weighted by Gasteiger charge is -2.49. The number of ketones is 4. The number of Topliss-reactive ketones (excluding diaryl/α,β-unsaturated/α-hetero) is 4. The van der Waals surface area contributed by atoms with Crippen LogP contribution in [0.4, 0.5) is 14.4 Å². The molecular weight excluding hydrogens is 1720 g/mol. The fraction of sp³-hybridized carbons (Fsp3) is 0.643. The Hall–Kier alpha value is -10.4. The highest BCUT2D eigenvalue weighted by Gasteiger charge is 2.64. The van der Waals surface area contributed by atoms with Gasteiger partial charge < -0.3 is 86.7 Å². The van der Waals surface area contributed by atoms with Gasteiger partial charge in [-0.1, -0.05) is 157 Å². The summed E-state index contributed by atoms with van der Waals surface area (Å²) in [5.41, 5.74) is 15.9. The molecule has 6 aliphatic heterocycles. The molecule has 4 aromatic carbocycles. The van der Waals surface area contributed by atoms with Crippen molar-refractivity contribution in [3.63, 3.8) is 0 Å². The standard InChI is InChI=1S/C62H73N5O15.C36H61N5O10/c1-10-47-62(8)53(67(60(74)82-62)32-22-21-31-64-66-63)36(3)49(68)35(2)33-61(7,75-9)54(37(4)50(69)38(5)55(70)78-47)81-58-52(80-57(72)41-25-15-12-16-26-41)48(51(39(6)77-58)79-56(71)40-23-13-11-14-24-40)65-59(73)76-34-46-44-29-19-17-27-42(44)43-28-18-20-30-45(43)46;1-13-25-36(9)30(41(34(46)51-36)17-15-14-16-38-39-37)21(4)27(42)19(2)18-35(8,47-12)31(22(5)28(43)23(6)32(45)49-25)50-33-29(44)26(40(10)11)20(3)24(7)48-33/h11-20,23-30,35-39,46-48,51-54,58H,10,21-22,31-34H2,1-9H3,(H,65,73);19-26,29-31,33,44H,13-18H2,1-12H3/t35-,36+,37+,38-,39?,47-,48?,51?,52?,53-,54-,58?,61+,62-;19-,20?,21+,22+,23-,24?,25-,26?,29?,30-,31-,33?,35+,36-/m11/s1. The Balaban J connectivity index is 0.000000309. The first-order chi connectivity index (χ1) is 63.1. The van der Waals surface area contributed by atoms with Gasteiger partial charge in [0.25, 0.3) is 0 Å². The predicted molar refractivity (Wildman–Crippen MR) is 485 cm³/mol. The van der Waals surface area contributed by atoms with E-state index in [1.807, 2.05) is 81.4 Å². The first kappa shape index (κ1) is 105. The number of unbranched alkanes of at least 4 members (excludes halogenated alkanes) is 2. The number of ether oxygens (including phenoxy) is 13. The number of hydrogen-bond acceptors (Lipinski definition) is 28. The summed E-state index contributed by atoms with van der Waals surface area (Å²) in [7, 11) is 6.61. The number of carbonyl (C=O) groups excluding carboxylic acids is 11. The molecule has 0 saturated carbocycles. The summed E-state index contributed by atoms with van der Waals surface area (Å²) < 4.78 is 82.0. The molecule has 6 saturated heterocycles. The number of fused-ring (bicyclic) bond motifs is 5. The molecule has 0 bridgehead atoms. The van der Waals surface area contributed by atoms with E-state index in [1.54, 1.807) is 132 Å². The number of aliphatic hydroxyl groups is 1. The highest BCUT2D eigenvalue weighted by atomic mass is 16.7. The Bertz CT molecular complexity index is 4840. The van der Waals surface area contributed by atoms with E-state index in [0.717, 1.165) is 22.3 Å². The number of rotatable bonds is 26. The number of benzene rings is 4. The lowest BCUT2D eigenvalue weighted by Crippen LogP contribution is -2.67. The molecule has 4 aromatic rings. The fourth-order valence-electron chi connectivity index (χ4n) is 21.1. The van der Waals surface area contributed by atoms with E-state index in [0.29, 0.717) is 25.7 Å². The molecule has 35 nitrogen and oxygen atoms in total. The van der Waals surface area contributed by atoms with Crippen LogP contribution in [0.15, 0.2) is 119 Å². The number of azide groups is 2. The molecule has 726 valence electrons. The molecule has 0 aromatic heterocycles. The lowest BCUT2D eigenvalue weighted by atomic mass is 9.73. The van der Waals surface area contributed by atoms with Crippen LogP contribution in [0.25, 0.3) is 32.0 Å². The van der Waals surface area contributed by atoms with Crippen LogP contribution < -0.4 is 5.32 Å². The molecule has 0 radical (unpaired) electrons. The minimum atomic E-state index is -1.70. The zero-order valence-corrected chi connectivity index (χ0v) is 80.3. The highest BCUT2D eigenvalue weighted by Crippen LogP contribution is 2.49. The van der Waals surface area contributed by atoms with Gasteiger partial charge in [-0.3, -0.25) is 28.8 Å². The maximum Gasteiger partial charge on any atom is 0.410 e. The van der Waals surface area contributed by atoms with Crippen molar-refractivity contribution < 1.29 is 119 Å². The fourth-order valence-corrected chi connectivity index (χ4v) is 21.1. The van der Waals surface area contributed by atoms with Gasteiger partial charge in [0.05, 0.1) is 58.8 Å². The van der Waals surface area contributed by atoms with Crippen LogP contribution in [0.1, 0.15) is 207 Å². The van der Waals surface area contributed by atoms with Crippen LogP contribution in [0, 0.1) is 53.3 Å². The number of methoxy groups -OCH3 is 2. The largest absolute Gasteiger partial charge is 0.458 e. The van der Waals surface area contributed by atoms with Crippen molar-refractivity contribution in [1.29, 1.82) is 0 Å². The topological polar surface area (TPSA) is 447 Å². The molecule has 6 heterocycles. The summed E-state index contributed by atoms with van der Waals surface area (Å²) >= 11 is 0. The maximum atomic E-state index is 15.1. The van der Waals surface area contributed by atoms with Gasteiger partial charge in [0.15, 0.2) is 47.6 Å². The lowest BCUT2D eigenvalue weighted by molar-refractivity contribution is -0.305. The van der Waals surface area contributed by atoms with E-state index in [4.69, 9.17) is 72.6 Å².